The van der Waals surface area contributed by atoms with E-state index in [1.165, 1.54) is 30.6 Å². The van der Waals surface area contributed by atoms with Crippen LogP contribution in [-0.4, -0.2) is 24.0 Å². The Kier molecular flexibility index (Phi) is 5.51. The summed E-state index contributed by atoms with van der Waals surface area (Å²) in [7, 11) is 0. The summed E-state index contributed by atoms with van der Waals surface area (Å²) in [5, 5.41) is 0. The molecule has 2 heterocycles. The topological polar surface area (TPSA) is 29.3 Å². The van der Waals surface area contributed by atoms with Gasteiger partial charge in [0.1, 0.15) is 4.34 Å². The molecule has 1 aromatic heterocycles. The van der Waals surface area contributed by atoms with E-state index in [1.807, 2.05) is 0 Å². The molecule has 0 radical (unpaired) electrons. The van der Waals surface area contributed by atoms with E-state index in [9.17, 15) is 0 Å². The van der Waals surface area contributed by atoms with Crippen molar-refractivity contribution in [2.45, 2.75) is 44.7 Å². The molecule has 0 aliphatic carbocycles. The summed E-state index contributed by atoms with van der Waals surface area (Å²) in [4.78, 5) is 3.84. The molecule has 0 saturated carbocycles. The van der Waals surface area contributed by atoms with Crippen LogP contribution in [-0.2, 0) is 0 Å². The molecule has 0 bridgehead atoms. The van der Waals surface area contributed by atoms with Crippen LogP contribution >= 0.6 is 38.9 Å². The number of hydrogen-bond acceptors (Lipinski definition) is 3. The van der Waals surface area contributed by atoms with E-state index in [4.69, 9.17) is 17.3 Å². The Bertz CT molecular complexity index is 377. The van der Waals surface area contributed by atoms with E-state index in [0.717, 1.165) is 15.4 Å². The normalized spacial score (nSPS) is 23.9. The van der Waals surface area contributed by atoms with Crippen LogP contribution in [0.3, 0.4) is 0 Å². The summed E-state index contributed by atoms with van der Waals surface area (Å²) >= 11 is 11.3. The molecule has 2 unspecified atom stereocenters. The number of likely N-dealkylation sites (tertiary alicyclic amines) is 1. The Morgan fingerprint density at radius 1 is 1.56 bits per heavy atom. The third-order valence-corrected chi connectivity index (χ3v) is 6.30. The van der Waals surface area contributed by atoms with Crippen molar-refractivity contribution in [2.75, 3.05) is 13.1 Å². The molecular formula is C13H20BrClN2S. The quantitative estimate of drug-likeness (QED) is 0.873. The second-order valence-corrected chi connectivity index (χ2v) is 7.50. The predicted octanol–water partition coefficient (Wildman–Crippen LogP) is 4.43. The van der Waals surface area contributed by atoms with Crippen LogP contribution in [0.25, 0.3) is 0 Å². The highest BCUT2D eigenvalue weighted by Crippen LogP contribution is 2.38. The zero-order chi connectivity index (χ0) is 13.1. The average molecular weight is 352 g/mol. The standard InChI is InChI=1S/C13H20BrClN2S/c1-9-5-3-2-4-6-17(9)11(8-16)12-7-10(14)13(15)18-12/h7,9,11H,2-6,8,16H2,1H3. The van der Waals surface area contributed by atoms with Gasteiger partial charge in [0.05, 0.1) is 6.04 Å². The maximum atomic E-state index is 6.15. The third kappa shape index (κ3) is 3.28. The minimum Gasteiger partial charge on any atom is -0.329 e. The van der Waals surface area contributed by atoms with Crippen molar-refractivity contribution in [3.63, 3.8) is 0 Å². The molecule has 5 heteroatoms. The fraction of sp³-hybridized carbons (Fsp3) is 0.692. The lowest BCUT2D eigenvalue weighted by atomic mass is 10.1. The SMILES string of the molecule is CC1CCCCCN1C(CN)c1cc(Br)c(Cl)s1. The molecule has 2 rings (SSSR count). The van der Waals surface area contributed by atoms with Crippen LogP contribution in [0.1, 0.15) is 43.5 Å². The molecule has 1 aromatic rings. The molecule has 2 nitrogen and oxygen atoms in total. The van der Waals surface area contributed by atoms with Crippen molar-refractivity contribution in [3.05, 3.63) is 19.8 Å². The highest BCUT2D eigenvalue weighted by atomic mass is 79.9. The lowest BCUT2D eigenvalue weighted by Gasteiger charge is -2.34. The molecule has 2 atom stereocenters. The Morgan fingerprint density at radius 2 is 2.33 bits per heavy atom. The lowest BCUT2D eigenvalue weighted by Crippen LogP contribution is -2.39. The summed E-state index contributed by atoms with van der Waals surface area (Å²) in [6.07, 6.45) is 5.23. The van der Waals surface area contributed by atoms with Crippen molar-refractivity contribution in [1.29, 1.82) is 0 Å². The van der Waals surface area contributed by atoms with E-state index >= 15 is 0 Å². The number of thiophene rings is 1. The van der Waals surface area contributed by atoms with E-state index in [1.54, 1.807) is 11.3 Å². The second-order valence-electron chi connectivity index (χ2n) is 4.96. The molecule has 1 aliphatic heterocycles. The number of halogens is 2. The van der Waals surface area contributed by atoms with Crippen molar-refractivity contribution in [2.24, 2.45) is 5.73 Å². The monoisotopic (exact) mass is 350 g/mol. The minimum atomic E-state index is 0.312. The predicted molar refractivity (Wildman–Crippen MR) is 83.5 cm³/mol. The summed E-state index contributed by atoms with van der Waals surface area (Å²) in [5.41, 5.74) is 6.01. The van der Waals surface area contributed by atoms with Gasteiger partial charge in [-0.2, -0.15) is 0 Å². The van der Waals surface area contributed by atoms with Gasteiger partial charge in [-0.15, -0.1) is 11.3 Å². The van der Waals surface area contributed by atoms with Gasteiger partial charge in [0.2, 0.25) is 0 Å². The number of nitrogens with zero attached hydrogens (tertiary/aromatic N) is 1. The molecule has 1 aliphatic rings. The van der Waals surface area contributed by atoms with Gasteiger partial charge in [0.25, 0.3) is 0 Å². The van der Waals surface area contributed by atoms with Crippen LogP contribution in [0.5, 0.6) is 0 Å². The largest absolute Gasteiger partial charge is 0.329 e. The maximum absolute atomic E-state index is 6.15. The molecule has 0 aromatic carbocycles. The summed E-state index contributed by atoms with van der Waals surface area (Å²) < 4.78 is 1.82. The first kappa shape index (κ1) is 14.8. The second kappa shape index (κ2) is 6.71. The van der Waals surface area contributed by atoms with Crippen LogP contribution in [0, 0.1) is 0 Å². The molecule has 0 amide bonds. The Hall–Kier alpha value is 0.390. The van der Waals surface area contributed by atoms with Crippen molar-refractivity contribution >= 4 is 38.9 Å². The number of rotatable bonds is 3. The molecule has 0 spiro atoms. The van der Waals surface area contributed by atoms with Gasteiger partial charge < -0.3 is 5.73 Å². The first-order valence-corrected chi connectivity index (χ1v) is 8.52. The van der Waals surface area contributed by atoms with Crippen LogP contribution < -0.4 is 5.73 Å². The van der Waals surface area contributed by atoms with Crippen LogP contribution in [0.15, 0.2) is 10.5 Å². The minimum absolute atomic E-state index is 0.312. The molecule has 18 heavy (non-hydrogen) atoms. The Balaban J connectivity index is 2.20. The third-order valence-electron chi connectivity index (χ3n) is 3.72. The molecular weight excluding hydrogens is 332 g/mol. The van der Waals surface area contributed by atoms with Crippen molar-refractivity contribution in [1.82, 2.24) is 4.90 Å². The number of hydrogen-bond donors (Lipinski definition) is 1. The average Bonchev–Trinajstić information content (AvgIpc) is 2.54. The van der Waals surface area contributed by atoms with Gasteiger partial charge in [-0.05, 0) is 48.3 Å². The molecule has 1 saturated heterocycles. The van der Waals surface area contributed by atoms with Crippen molar-refractivity contribution < 1.29 is 0 Å². The van der Waals surface area contributed by atoms with E-state index in [2.05, 4.69) is 33.8 Å². The van der Waals surface area contributed by atoms with Crippen LogP contribution in [0.4, 0.5) is 0 Å². The maximum Gasteiger partial charge on any atom is 0.107 e. The molecule has 102 valence electrons. The smallest absolute Gasteiger partial charge is 0.107 e. The van der Waals surface area contributed by atoms with E-state index in [0.29, 0.717) is 18.6 Å². The summed E-state index contributed by atoms with van der Waals surface area (Å²) in [5.74, 6) is 0. The summed E-state index contributed by atoms with van der Waals surface area (Å²) in [6.45, 7) is 4.13. The van der Waals surface area contributed by atoms with Crippen LogP contribution in [0.2, 0.25) is 4.34 Å². The van der Waals surface area contributed by atoms with Gasteiger partial charge in [-0.3, -0.25) is 4.90 Å². The lowest BCUT2D eigenvalue weighted by molar-refractivity contribution is 0.153. The van der Waals surface area contributed by atoms with E-state index in [-0.39, 0.29) is 0 Å². The Labute approximate surface area is 127 Å². The van der Waals surface area contributed by atoms with Gasteiger partial charge in [0.15, 0.2) is 0 Å². The van der Waals surface area contributed by atoms with Gasteiger partial charge in [-0.1, -0.05) is 24.4 Å². The molecule has 1 fully saturated rings. The zero-order valence-electron chi connectivity index (χ0n) is 10.7. The zero-order valence-corrected chi connectivity index (χ0v) is 13.8. The first-order valence-electron chi connectivity index (χ1n) is 6.54. The summed E-state index contributed by atoms with van der Waals surface area (Å²) in [6, 6.07) is 3.05. The number of nitrogens with two attached hydrogens (primary N) is 1. The van der Waals surface area contributed by atoms with Gasteiger partial charge in [0, 0.05) is 21.9 Å². The highest BCUT2D eigenvalue weighted by Gasteiger charge is 2.26. The fourth-order valence-corrected chi connectivity index (χ4v) is 4.57. The highest BCUT2D eigenvalue weighted by molar-refractivity contribution is 9.10. The Morgan fingerprint density at radius 3 is 2.94 bits per heavy atom. The van der Waals surface area contributed by atoms with Gasteiger partial charge in [-0.25, -0.2) is 0 Å². The first-order chi connectivity index (χ1) is 8.63. The van der Waals surface area contributed by atoms with Gasteiger partial charge >= 0.3 is 0 Å². The van der Waals surface area contributed by atoms with E-state index < -0.39 is 0 Å². The van der Waals surface area contributed by atoms with Crippen molar-refractivity contribution in [3.8, 4) is 0 Å². The molecule has 2 N–H and O–H groups in total. The fourth-order valence-electron chi connectivity index (χ4n) is 2.70.